The molecule has 0 unspecified atom stereocenters. The summed E-state index contributed by atoms with van der Waals surface area (Å²) in [5, 5.41) is 0. The van der Waals surface area contributed by atoms with Gasteiger partial charge in [-0.1, -0.05) is 0 Å². The number of nitrogens with zero attached hydrogens (tertiary/aromatic N) is 1. The van der Waals surface area contributed by atoms with Crippen molar-refractivity contribution in [3.63, 3.8) is 0 Å². The monoisotopic (exact) mass is 301 g/mol. The Morgan fingerprint density at radius 3 is 2.41 bits per heavy atom. The summed E-state index contributed by atoms with van der Waals surface area (Å²) >= 11 is 3.40. The summed E-state index contributed by atoms with van der Waals surface area (Å²) in [7, 11) is 1.49. The molecule has 5 heteroatoms. The fourth-order valence-corrected chi connectivity index (χ4v) is 1.75. The van der Waals surface area contributed by atoms with E-state index < -0.39 is 5.97 Å². The molecule has 1 rings (SSSR count). The molecule has 0 aliphatic rings. The van der Waals surface area contributed by atoms with Crippen molar-refractivity contribution in [2.75, 3.05) is 7.11 Å². The van der Waals surface area contributed by atoms with Gasteiger partial charge < -0.3 is 9.47 Å². The van der Waals surface area contributed by atoms with Gasteiger partial charge in [-0.3, -0.25) is 0 Å². The highest BCUT2D eigenvalue weighted by Crippen LogP contribution is 2.29. The van der Waals surface area contributed by atoms with Gasteiger partial charge in [0.25, 0.3) is 0 Å². The number of rotatable bonds is 3. The van der Waals surface area contributed by atoms with Crippen molar-refractivity contribution in [3.05, 3.63) is 21.3 Å². The van der Waals surface area contributed by atoms with Crippen LogP contribution in [0.5, 0.6) is 5.88 Å². The number of aryl methyl sites for hydroxylation is 1. The molecule has 1 aromatic rings. The summed E-state index contributed by atoms with van der Waals surface area (Å²) in [6, 6.07) is 0. The lowest BCUT2D eigenvalue weighted by Crippen LogP contribution is -2.15. The molecule has 0 radical (unpaired) electrons. The van der Waals surface area contributed by atoms with Crippen molar-refractivity contribution in [2.24, 2.45) is 0 Å². The van der Waals surface area contributed by atoms with E-state index >= 15 is 0 Å². The number of ether oxygens (including phenoxy) is 2. The number of hydrogen-bond acceptors (Lipinski definition) is 4. The van der Waals surface area contributed by atoms with Crippen LogP contribution in [0, 0.1) is 13.8 Å². The zero-order valence-corrected chi connectivity index (χ0v) is 12.2. The first-order valence-corrected chi connectivity index (χ1v) is 6.09. The molecular formula is C12H16BrNO3. The Hall–Kier alpha value is -1.10. The lowest BCUT2D eigenvalue weighted by atomic mass is 10.1. The normalized spacial score (nSPS) is 10.5. The third-order valence-corrected chi connectivity index (χ3v) is 3.41. The minimum atomic E-state index is -0.414. The number of methoxy groups -OCH3 is 1. The summed E-state index contributed by atoms with van der Waals surface area (Å²) in [4.78, 5) is 16.2. The van der Waals surface area contributed by atoms with E-state index in [2.05, 4.69) is 20.9 Å². The average Bonchev–Trinajstić information content (AvgIpc) is 2.23. The van der Waals surface area contributed by atoms with Crippen molar-refractivity contribution in [3.8, 4) is 5.88 Å². The molecule has 0 saturated heterocycles. The van der Waals surface area contributed by atoms with E-state index in [0.29, 0.717) is 11.4 Å². The maximum atomic E-state index is 12.0. The predicted molar refractivity (Wildman–Crippen MR) is 68.5 cm³/mol. The average molecular weight is 302 g/mol. The quantitative estimate of drug-likeness (QED) is 0.805. The minimum Gasteiger partial charge on any atom is -0.480 e. The molecule has 94 valence electrons. The Morgan fingerprint density at radius 1 is 1.35 bits per heavy atom. The molecule has 0 amide bonds. The number of hydrogen-bond donors (Lipinski definition) is 0. The number of carbonyl (C=O) groups is 1. The first kappa shape index (κ1) is 14.0. The molecule has 0 saturated carbocycles. The first-order chi connectivity index (χ1) is 7.88. The van der Waals surface area contributed by atoms with E-state index in [1.807, 2.05) is 13.8 Å². The van der Waals surface area contributed by atoms with Crippen LogP contribution in [0.1, 0.15) is 35.5 Å². The third-order valence-electron chi connectivity index (χ3n) is 2.25. The van der Waals surface area contributed by atoms with Gasteiger partial charge in [0.1, 0.15) is 5.56 Å². The van der Waals surface area contributed by atoms with Crippen molar-refractivity contribution in [1.82, 2.24) is 4.98 Å². The molecule has 0 aromatic carbocycles. The fraction of sp³-hybridized carbons (Fsp3) is 0.500. The van der Waals surface area contributed by atoms with Gasteiger partial charge in [0, 0.05) is 4.47 Å². The van der Waals surface area contributed by atoms with E-state index in [0.717, 1.165) is 15.7 Å². The van der Waals surface area contributed by atoms with Crippen molar-refractivity contribution in [2.45, 2.75) is 33.8 Å². The lowest BCUT2D eigenvalue weighted by Gasteiger charge is -2.14. The molecule has 1 heterocycles. The number of pyridine rings is 1. The molecule has 0 atom stereocenters. The highest BCUT2D eigenvalue weighted by molar-refractivity contribution is 9.10. The number of halogens is 1. The van der Waals surface area contributed by atoms with Crippen LogP contribution in [-0.2, 0) is 4.74 Å². The van der Waals surface area contributed by atoms with Gasteiger partial charge in [-0.15, -0.1) is 0 Å². The number of aromatic nitrogens is 1. The standard InChI is InChI=1S/C12H16BrNO3/c1-6(2)17-12(15)9-7(3)10(13)8(4)14-11(9)16-5/h6H,1-5H3. The molecule has 0 bridgehead atoms. The molecule has 0 spiro atoms. The highest BCUT2D eigenvalue weighted by atomic mass is 79.9. The van der Waals surface area contributed by atoms with Crippen LogP contribution in [0.25, 0.3) is 0 Å². The van der Waals surface area contributed by atoms with Crippen LogP contribution in [0.2, 0.25) is 0 Å². The van der Waals surface area contributed by atoms with Gasteiger partial charge in [-0.25, -0.2) is 9.78 Å². The van der Waals surface area contributed by atoms with Crippen LogP contribution >= 0.6 is 15.9 Å². The van der Waals surface area contributed by atoms with E-state index in [9.17, 15) is 4.79 Å². The Bertz CT molecular complexity index is 444. The zero-order chi connectivity index (χ0) is 13.2. The van der Waals surface area contributed by atoms with Crippen molar-refractivity contribution < 1.29 is 14.3 Å². The molecular weight excluding hydrogens is 286 g/mol. The topological polar surface area (TPSA) is 48.4 Å². The molecule has 1 aromatic heterocycles. The molecule has 0 aliphatic heterocycles. The maximum Gasteiger partial charge on any atom is 0.344 e. The van der Waals surface area contributed by atoms with Crippen LogP contribution < -0.4 is 4.74 Å². The van der Waals surface area contributed by atoms with Crippen molar-refractivity contribution in [1.29, 1.82) is 0 Å². The largest absolute Gasteiger partial charge is 0.480 e. The second-order valence-electron chi connectivity index (χ2n) is 3.97. The third kappa shape index (κ3) is 2.97. The van der Waals surface area contributed by atoms with Crippen LogP contribution in [0.3, 0.4) is 0 Å². The maximum absolute atomic E-state index is 12.0. The Morgan fingerprint density at radius 2 is 1.94 bits per heavy atom. The van der Waals surface area contributed by atoms with E-state index in [1.54, 1.807) is 13.8 Å². The summed E-state index contributed by atoms with van der Waals surface area (Å²) in [6.45, 7) is 7.28. The smallest absolute Gasteiger partial charge is 0.344 e. The van der Waals surface area contributed by atoms with E-state index in [4.69, 9.17) is 9.47 Å². The van der Waals surface area contributed by atoms with E-state index in [1.165, 1.54) is 7.11 Å². The summed E-state index contributed by atoms with van der Waals surface area (Å²) in [6.07, 6.45) is -0.174. The second kappa shape index (κ2) is 5.49. The number of carbonyl (C=O) groups excluding carboxylic acids is 1. The molecule has 17 heavy (non-hydrogen) atoms. The summed E-state index contributed by atoms with van der Waals surface area (Å²) in [5.74, 6) is -0.114. The van der Waals surface area contributed by atoms with Crippen LogP contribution in [0.15, 0.2) is 4.47 Å². The van der Waals surface area contributed by atoms with Gasteiger partial charge in [0.05, 0.1) is 18.9 Å². The fourth-order valence-electron chi connectivity index (χ4n) is 1.46. The molecule has 0 aliphatic carbocycles. The first-order valence-electron chi connectivity index (χ1n) is 5.30. The van der Waals surface area contributed by atoms with Gasteiger partial charge >= 0.3 is 5.97 Å². The lowest BCUT2D eigenvalue weighted by molar-refractivity contribution is 0.0372. The molecule has 0 fully saturated rings. The Balaban J connectivity index is 3.30. The van der Waals surface area contributed by atoms with Gasteiger partial charge in [0.15, 0.2) is 0 Å². The molecule has 0 N–H and O–H groups in total. The zero-order valence-electron chi connectivity index (χ0n) is 10.6. The molecule has 4 nitrogen and oxygen atoms in total. The second-order valence-corrected chi connectivity index (χ2v) is 4.77. The number of esters is 1. The summed E-state index contributed by atoms with van der Waals surface area (Å²) in [5.41, 5.74) is 1.93. The highest BCUT2D eigenvalue weighted by Gasteiger charge is 2.22. The van der Waals surface area contributed by atoms with Crippen LogP contribution in [-0.4, -0.2) is 24.2 Å². The van der Waals surface area contributed by atoms with Gasteiger partial charge in [0.2, 0.25) is 5.88 Å². The summed E-state index contributed by atoms with van der Waals surface area (Å²) < 4.78 is 11.1. The SMILES string of the molecule is COc1nc(C)c(Br)c(C)c1C(=O)OC(C)C. The Kier molecular flexibility index (Phi) is 4.51. The predicted octanol–water partition coefficient (Wildman–Crippen LogP) is 3.03. The van der Waals surface area contributed by atoms with Gasteiger partial charge in [-0.05, 0) is 49.2 Å². The van der Waals surface area contributed by atoms with E-state index in [-0.39, 0.29) is 6.10 Å². The minimum absolute atomic E-state index is 0.174. The van der Waals surface area contributed by atoms with Crippen molar-refractivity contribution >= 4 is 21.9 Å². The van der Waals surface area contributed by atoms with Crippen LogP contribution in [0.4, 0.5) is 0 Å². The Labute approximate surface area is 109 Å². The van der Waals surface area contributed by atoms with Gasteiger partial charge in [-0.2, -0.15) is 0 Å².